The van der Waals surface area contributed by atoms with E-state index in [-0.39, 0.29) is 12.8 Å². The van der Waals surface area contributed by atoms with Gasteiger partial charge in [-0.05, 0) is 19.3 Å². The fraction of sp³-hybridized carbons (Fsp3) is 0.778. The fourth-order valence-electron chi connectivity index (χ4n) is 1.06. The van der Waals surface area contributed by atoms with E-state index in [9.17, 15) is 22.0 Å². The molecule has 3 N–H and O–H groups in total. The van der Waals surface area contributed by atoms with Crippen LogP contribution in [-0.4, -0.2) is 39.3 Å². The third kappa shape index (κ3) is 3.36. The minimum atomic E-state index is -5.96. The van der Waals surface area contributed by atoms with Gasteiger partial charge in [-0.3, -0.25) is 0 Å². The molecule has 0 saturated heterocycles. The lowest BCUT2D eigenvalue weighted by atomic mass is 9.98. The summed E-state index contributed by atoms with van der Waals surface area (Å²) >= 11 is 0. The first-order chi connectivity index (χ1) is 7.48. The Morgan fingerprint density at radius 1 is 1.12 bits per heavy atom. The van der Waals surface area contributed by atoms with Gasteiger partial charge >= 0.3 is 17.9 Å². The number of aliphatic hydroxyl groups is 3. The van der Waals surface area contributed by atoms with E-state index in [1.807, 2.05) is 0 Å². The zero-order chi connectivity index (χ0) is 13.9. The van der Waals surface area contributed by atoms with Crippen molar-refractivity contribution in [2.75, 3.05) is 0 Å². The molecule has 3 nitrogen and oxygen atoms in total. The summed E-state index contributed by atoms with van der Waals surface area (Å²) in [7, 11) is 0. The summed E-state index contributed by atoms with van der Waals surface area (Å²) in [6.07, 6.45) is -7.98. The maximum Gasteiger partial charge on any atom is 0.449 e. The third-order valence-electron chi connectivity index (χ3n) is 2.16. The molecule has 0 bridgehead atoms. The van der Waals surface area contributed by atoms with Gasteiger partial charge in [-0.15, -0.1) is 6.58 Å². The van der Waals surface area contributed by atoms with E-state index in [1.54, 1.807) is 0 Å². The number of halogens is 5. The van der Waals surface area contributed by atoms with Gasteiger partial charge in [-0.25, -0.2) is 0 Å². The maximum atomic E-state index is 13.0. The lowest BCUT2D eigenvalue weighted by Crippen LogP contribution is -2.63. The van der Waals surface area contributed by atoms with Crippen LogP contribution in [-0.2, 0) is 0 Å². The molecule has 0 heterocycles. The molecule has 0 aliphatic heterocycles. The molecule has 0 aromatic carbocycles. The summed E-state index contributed by atoms with van der Waals surface area (Å²) < 4.78 is 62.0. The van der Waals surface area contributed by atoms with Crippen molar-refractivity contribution < 1.29 is 37.3 Å². The predicted molar refractivity (Wildman–Crippen MR) is 48.2 cm³/mol. The van der Waals surface area contributed by atoms with Crippen LogP contribution in [0.2, 0.25) is 0 Å². The van der Waals surface area contributed by atoms with Gasteiger partial charge in [0.05, 0.1) is 0 Å². The van der Waals surface area contributed by atoms with E-state index in [0.717, 1.165) is 0 Å². The zero-order valence-electron chi connectivity index (χ0n) is 8.71. The van der Waals surface area contributed by atoms with Crippen LogP contribution in [0.3, 0.4) is 0 Å². The second-order valence-corrected chi connectivity index (χ2v) is 3.53. The second-order valence-electron chi connectivity index (χ2n) is 3.53. The van der Waals surface area contributed by atoms with Crippen molar-refractivity contribution in [2.45, 2.75) is 43.3 Å². The van der Waals surface area contributed by atoms with Crippen molar-refractivity contribution in [3.63, 3.8) is 0 Å². The minimum Gasteiger partial charge on any atom is -0.387 e. The van der Waals surface area contributed by atoms with Crippen LogP contribution < -0.4 is 0 Å². The molecule has 1 unspecified atom stereocenters. The van der Waals surface area contributed by atoms with Crippen molar-refractivity contribution in [1.82, 2.24) is 0 Å². The maximum absolute atomic E-state index is 13.0. The van der Waals surface area contributed by atoms with Crippen LogP contribution in [0.15, 0.2) is 12.7 Å². The summed E-state index contributed by atoms with van der Waals surface area (Å²) in [6, 6.07) is 0. The molecule has 0 spiro atoms. The first kappa shape index (κ1) is 16.3. The van der Waals surface area contributed by atoms with Crippen molar-refractivity contribution in [3.8, 4) is 0 Å². The van der Waals surface area contributed by atoms with Gasteiger partial charge in [0.25, 0.3) is 0 Å². The summed E-state index contributed by atoms with van der Waals surface area (Å²) in [4.78, 5) is 0. The number of unbranched alkanes of at least 4 members (excludes halogenated alkanes) is 1. The fourth-order valence-corrected chi connectivity index (χ4v) is 1.06. The SMILES string of the molecule is C=CCCCC(O)C(F)(F)C(O)(O)C(F)(F)F. The van der Waals surface area contributed by atoms with Gasteiger partial charge in [0.1, 0.15) is 6.10 Å². The molecule has 102 valence electrons. The van der Waals surface area contributed by atoms with Crippen molar-refractivity contribution >= 4 is 0 Å². The van der Waals surface area contributed by atoms with E-state index >= 15 is 0 Å². The molecule has 0 aromatic heterocycles. The molecule has 0 rings (SSSR count). The molecule has 0 fully saturated rings. The molecular formula is C9H13F5O3. The quantitative estimate of drug-likeness (QED) is 0.295. The number of rotatable bonds is 6. The van der Waals surface area contributed by atoms with Crippen molar-refractivity contribution in [1.29, 1.82) is 0 Å². The number of aliphatic hydroxyl groups excluding tert-OH is 1. The Labute approximate surface area is 94.2 Å². The van der Waals surface area contributed by atoms with E-state index in [2.05, 4.69) is 6.58 Å². The first-order valence-electron chi connectivity index (χ1n) is 4.66. The predicted octanol–water partition coefficient (Wildman–Crippen LogP) is 1.58. The molecule has 0 amide bonds. The lowest BCUT2D eigenvalue weighted by Gasteiger charge is -2.35. The highest BCUT2D eigenvalue weighted by Crippen LogP contribution is 2.42. The Balaban J connectivity index is 4.80. The summed E-state index contributed by atoms with van der Waals surface area (Å²) in [6.45, 7) is 3.26. The Hall–Kier alpha value is -0.730. The Morgan fingerprint density at radius 3 is 1.94 bits per heavy atom. The number of hydrogen-bond donors (Lipinski definition) is 3. The zero-order valence-corrected chi connectivity index (χ0v) is 8.71. The Kier molecular flexibility index (Phi) is 5.05. The minimum absolute atomic E-state index is 0.0474. The van der Waals surface area contributed by atoms with Crippen LogP contribution >= 0.6 is 0 Å². The average Bonchev–Trinajstić information content (AvgIpc) is 2.15. The van der Waals surface area contributed by atoms with Crippen LogP contribution in [0.4, 0.5) is 22.0 Å². The highest BCUT2D eigenvalue weighted by molar-refractivity contribution is 4.94. The topological polar surface area (TPSA) is 60.7 Å². The summed E-state index contributed by atoms with van der Waals surface area (Å²) in [5.41, 5.74) is 0. The highest BCUT2D eigenvalue weighted by Gasteiger charge is 2.71. The molecule has 0 aliphatic rings. The molecular weight excluding hydrogens is 251 g/mol. The standard InChI is InChI=1S/C9H13F5O3/c1-2-3-4-5-6(15)7(10,11)8(16,17)9(12,13)14/h2,6,15-17H,1,3-5H2. The Bertz CT molecular complexity index is 262. The van der Waals surface area contributed by atoms with Crippen LogP contribution in [0, 0.1) is 0 Å². The van der Waals surface area contributed by atoms with Gasteiger partial charge in [0.2, 0.25) is 0 Å². The van der Waals surface area contributed by atoms with Crippen LogP contribution in [0.5, 0.6) is 0 Å². The molecule has 17 heavy (non-hydrogen) atoms. The molecule has 0 saturated carbocycles. The van der Waals surface area contributed by atoms with Gasteiger partial charge in [0, 0.05) is 0 Å². The van der Waals surface area contributed by atoms with Crippen molar-refractivity contribution in [3.05, 3.63) is 12.7 Å². The number of alkyl halides is 5. The van der Waals surface area contributed by atoms with Crippen LogP contribution in [0.1, 0.15) is 19.3 Å². The molecule has 0 radical (unpaired) electrons. The van der Waals surface area contributed by atoms with E-state index in [1.165, 1.54) is 6.08 Å². The molecule has 8 heteroatoms. The first-order valence-corrected chi connectivity index (χ1v) is 4.66. The number of hydrogen-bond acceptors (Lipinski definition) is 3. The van der Waals surface area contributed by atoms with Gasteiger partial charge < -0.3 is 15.3 Å². The van der Waals surface area contributed by atoms with Crippen LogP contribution in [0.25, 0.3) is 0 Å². The Morgan fingerprint density at radius 2 is 1.59 bits per heavy atom. The van der Waals surface area contributed by atoms with E-state index in [4.69, 9.17) is 15.3 Å². The summed E-state index contributed by atoms with van der Waals surface area (Å²) in [5.74, 6) is -10.4. The average molecular weight is 264 g/mol. The molecule has 0 aromatic rings. The van der Waals surface area contributed by atoms with Gasteiger partial charge in [-0.1, -0.05) is 6.08 Å². The second kappa shape index (κ2) is 5.28. The van der Waals surface area contributed by atoms with Gasteiger partial charge in [-0.2, -0.15) is 22.0 Å². The third-order valence-corrected chi connectivity index (χ3v) is 2.16. The van der Waals surface area contributed by atoms with E-state index in [0.29, 0.717) is 0 Å². The lowest BCUT2D eigenvalue weighted by molar-refractivity contribution is -0.429. The number of allylic oxidation sites excluding steroid dienone is 1. The van der Waals surface area contributed by atoms with E-state index < -0.39 is 30.4 Å². The monoisotopic (exact) mass is 264 g/mol. The molecule has 1 atom stereocenters. The largest absolute Gasteiger partial charge is 0.449 e. The van der Waals surface area contributed by atoms with Gasteiger partial charge in [0.15, 0.2) is 0 Å². The summed E-state index contributed by atoms with van der Waals surface area (Å²) in [5, 5.41) is 25.7. The molecule has 0 aliphatic carbocycles. The normalized spacial score (nSPS) is 15.8. The highest BCUT2D eigenvalue weighted by atomic mass is 19.4. The van der Waals surface area contributed by atoms with Crippen molar-refractivity contribution in [2.24, 2.45) is 0 Å². The smallest absolute Gasteiger partial charge is 0.387 e.